The third-order valence-electron chi connectivity index (χ3n) is 20.2. The van der Waals surface area contributed by atoms with Crippen molar-refractivity contribution in [2.24, 2.45) is 0 Å². The molecule has 3 saturated carbocycles. The zero-order valence-electron chi connectivity index (χ0n) is 62.0. The minimum absolute atomic E-state index is 0.269. The Balaban J connectivity index is 0.000000161. The van der Waals surface area contributed by atoms with Crippen molar-refractivity contribution in [3.63, 3.8) is 0 Å². The molecular formula is C82H105Cl3N2O25. The Labute approximate surface area is 665 Å². The lowest BCUT2D eigenvalue weighted by Crippen LogP contribution is -2.55. The number of carboxylic acid groups (broad SMARTS) is 2. The Bertz CT molecular complexity index is 3470. The number of aliphatic hydroxyl groups is 12. The molecule has 0 amide bonds. The van der Waals surface area contributed by atoms with E-state index in [9.17, 15) is 70.9 Å². The summed E-state index contributed by atoms with van der Waals surface area (Å²) in [5.41, 5.74) is 7.39. The normalized spacial score (nSPS) is 28.0. The van der Waals surface area contributed by atoms with Crippen LogP contribution in [0.2, 0.25) is 15.1 Å². The third kappa shape index (κ3) is 26.1. The molecule has 5 aliphatic heterocycles. The van der Waals surface area contributed by atoms with Crippen molar-refractivity contribution in [2.45, 2.75) is 205 Å². The molecule has 0 bridgehead atoms. The highest BCUT2D eigenvalue weighted by atomic mass is 35.5. The summed E-state index contributed by atoms with van der Waals surface area (Å²) in [6.07, 6.45) is -4.62. The van der Waals surface area contributed by atoms with Crippen molar-refractivity contribution < 1.29 is 124 Å². The summed E-state index contributed by atoms with van der Waals surface area (Å²) in [6.45, 7) is 3.63. The third-order valence-corrected chi connectivity index (χ3v) is 21.3. The monoisotopic (exact) mass is 1620 g/mol. The summed E-state index contributed by atoms with van der Waals surface area (Å²) in [6, 6.07) is 38.4. The molecule has 30 heteroatoms. The van der Waals surface area contributed by atoms with Crippen LogP contribution in [0.15, 0.2) is 127 Å². The largest absolute Gasteiger partial charge is 0.491 e. The first-order valence-electron chi connectivity index (χ1n) is 38.2. The lowest BCUT2D eigenvalue weighted by Gasteiger charge is -2.40. The van der Waals surface area contributed by atoms with E-state index in [1.807, 2.05) is 91.0 Å². The minimum atomic E-state index is -1.42. The number of carboxylic acids is 2. The Hall–Kier alpha value is -6.27. The van der Waals surface area contributed by atoms with Gasteiger partial charge in [-0.25, -0.2) is 0 Å². The van der Waals surface area contributed by atoms with Gasteiger partial charge in [-0.3, -0.25) is 9.59 Å². The van der Waals surface area contributed by atoms with Crippen LogP contribution in [0.3, 0.4) is 0 Å². The van der Waals surface area contributed by atoms with E-state index >= 15 is 0 Å². The van der Waals surface area contributed by atoms with Crippen molar-refractivity contribution in [3.8, 4) is 17.2 Å². The number of halogens is 3. The van der Waals surface area contributed by atoms with E-state index in [-0.39, 0.29) is 12.1 Å². The average molecular weight is 1630 g/mol. The Morgan fingerprint density at radius 2 is 0.625 bits per heavy atom. The maximum atomic E-state index is 10.4. The number of hydrogen-bond acceptors (Lipinski definition) is 25. The predicted octanol–water partition coefficient (Wildman–Crippen LogP) is 5.66. The van der Waals surface area contributed by atoms with Crippen molar-refractivity contribution in [3.05, 3.63) is 193 Å². The molecule has 6 aromatic rings. The van der Waals surface area contributed by atoms with Crippen LogP contribution in [0.1, 0.15) is 133 Å². The first-order valence-corrected chi connectivity index (χ1v) is 39.3. The number of ether oxygens (including phenoxy) is 9. The molecule has 3 aliphatic carbocycles. The minimum Gasteiger partial charge on any atom is -0.491 e. The average Bonchev–Trinajstić information content (AvgIpc) is 1.60. The molecule has 112 heavy (non-hydrogen) atoms. The van der Waals surface area contributed by atoms with Gasteiger partial charge in [0.1, 0.15) is 141 Å². The van der Waals surface area contributed by atoms with Crippen molar-refractivity contribution in [1.82, 2.24) is 10.6 Å². The van der Waals surface area contributed by atoms with Gasteiger partial charge in [0.2, 0.25) is 0 Å². The first kappa shape index (κ1) is 88.1. The van der Waals surface area contributed by atoms with Crippen molar-refractivity contribution in [2.75, 3.05) is 72.6 Å². The Morgan fingerprint density at radius 1 is 0.357 bits per heavy atom. The summed E-state index contributed by atoms with van der Waals surface area (Å²) in [5.74, 6) is 0.878. The standard InChI is InChI=1S/3C24H29ClO7.2C5H9NO2/c3*25-19-8-3-15(24-23(29)22(28)21(27)20(13-26)32-24)12-16(19)11-14-1-4-17(5-2-14)30-9-10-31-18-6-7-18;2*7-5(8)4-2-1-3-6-4/h3*1-5,8,12,18,20-24,26-29H,6-7,9-11,13H2;2*4,6H,1-3H2,(H,7,8)/t3*20-,21-,22+,23-,24+;2*4-/m11100/s1. The Kier molecular flexibility index (Phi) is 34.3. The lowest BCUT2D eigenvalue weighted by molar-refractivity contribution is -0.231. The second kappa shape index (κ2) is 43.6. The van der Waals surface area contributed by atoms with Crippen molar-refractivity contribution in [1.29, 1.82) is 0 Å². The summed E-state index contributed by atoms with van der Waals surface area (Å²) < 4.78 is 50.8. The molecule has 16 N–H and O–H groups in total. The fourth-order valence-corrected chi connectivity index (χ4v) is 13.8. The second-order valence-corrected chi connectivity index (χ2v) is 30.2. The maximum absolute atomic E-state index is 10.4. The van der Waals surface area contributed by atoms with E-state index in [1.54, 1.807) is 36.4 Å². The summed E-state index contributed by atoms with van der Waals surface area (Å²) >= 11 is 19.2. The van der Waals surface area contributed by atoms with Gasteiger partial charge in [-0.1, -0.05) is 108 Å². The molecule has 0 radical (unpaired) electrons. The van der Waals surface area contributed by atoms with E-state index in [4.69, 9.17) is 87.6 Å². The molecule has 5 saturated heterocycles. The quantitative estimate of drug-likeness (QED) is 0.0252. The topological polar surface area (TPSA) is 424 Å². The van der Waals surface area contributed by atoms with Gasteiger partial charge in [0, 0.05) is 15.1 Å². The predicted molar refractivity (Wildman–Crippen MR) is 411 cm³/mol. The second-order valence-electron chi connectivity index (χ2n) is 29.0. The van der Waals surface area contributed by atoms with Gasteiger partial charge < -0.3 is 125 Å². The number of nitrogens with one attached hydrogen (secondary N) is 2. The van der Waals surface area contributed by atoms with E-state index < -0.39 is 123 Å². The lowest BCUT2D eigenvalue weighted by atomic mass is 9.90. The van der Waals surface area contributed by atoms with Gasteiger partial charge >= 0.3 is 11.9 Å². The van der Waals surface area contributed by atoms with E-state index in [0.29, 0.717) is 109 Å². The number of hydrogen-bond donors (Lipinski definition) is 16. The maximum Gasteiger partial charge on any atom is 0.320 e. The fourth-order valence-electron chi connectivity index (χ4n) is 13.2. The summed E-state index contributed by atoms with van der Waals surface area (Å²) in [4.78, 5) is 20.3. The number of aliphatic carboxylic acids is 2. The molecule has 0 spiro atoms. The van der Waals surface area contributed by atoms with Crippen LogP contribution < -0.4 is 24.8 Å². The highest BCUT2D eigenvalue weighted by molar-refractivity contribution is 6.32. The van der Waals surface area contributed by atoms with Crippen LogP contribution in [0.25, 0.3) is 0 Å². The molecule has 0 aromatic heterocycles. The smallest absolute Gasteiger partial charge is 0.320 e. The molecule has 8 fully saturated rings. The molecule has 17 atom stereocenters. The molecule has 614 valence electrons. The number of benzene rings is 6. The van der Waals surface area contributed by atoms with Crippen LogP contribution in [-0.2, 0) is 57.3 Å². The van der Waals surface area contributed by atoms with Gasteiger partial charge in [-0.05, 0) is 201 Å². The summed E-state index contributed by atoms with van der Waals surface area (Å²) in [7, 11) is 0. The van der Waals surface area contributed by atoms with E-state index in [0.717, 1.165) is 128 Å². The van der Waals surface area contributed by atoms with Crippen molar-refractivity contribution >= 4 is 46.7 Å². The number of carbonyl (C=O) groups is 2. The molecular weight excluding hydrogens is 1520 g/mol. The highest BCUT2D eigenvalue weighted by Crippen LogP contribution is 2.39. The van der Waals surface area contributed by atoms with Crippen LogP contribution in [0.4, 0.5) is 0 Å². The van der Waals surface area contributed by atoms with Crippen LogP contribution in [0, 0.1) is 0 Å². The van der Waals surface area contributed by atoms with Gasteiger partial charge in [0.25, 0.3) is 0 Å². The van der Waals surface area contributed by atoms with Gasteiger partial charge in [-0.2, -0.15) is 0 Å². The van der Waals surface area contributed by atoms with E-state index in [1.165, 1.54) is 0 Å². The van der Waals surface area contributed by atoms with Crippen LogP contribution in [-0.4, -0.2) is 260 Å². The number of rotatable bonds is 29. The van der Waals surface area contributed by atoms with E-state index in [2.05, 4.69) is 10.6 Å². The first-order chi connectivity index (χ1) is 54.0. The van der Waals surface area contributed by atoms with Gasteiger partial charge in [0.15, 0.2) is 0 Å². The van der Waals surface area contributed by atoms with Gasteiger partial charge in [-0.15, -0.1) is 0 Å². The Morgan fingerprint density at radius 3 is 0.839 bits per heavy atom. The SMILES string of the molecule is O=C(O)[C@@H]1CCCN1.O=C(O)[C@@H]1CCCN1.OC[C@H]1O[C@@H](c2ccc(Cl)c(Cc3ccc(OCCOC4CC4)cc3)c2)[C@H](O)[C@@H](O)[C@@H]1O.OC[C@H]1O[C@@H](c2ccc(Cl)c(Cc3ccc(OCCOC4CC4)cc3)c2)[C@H](O)[C@@H](O)[C@@H]1O.OC[C@H]1O[C@@H](c2ccc(Cl)c(Cc3ccc(OCCOC4CC4)cc3)c2)[C@H](O)[C@@H](O)[C@@H]1O. The molecule has 27 nitrogen and oxygen atoms in total. The molecule has 0 unspecified atom stereocenters. The summed E-state index contributed by atoms with van der Waals surface area (Å²) in [5, 5.41) is 144. The van der Waals surface area contributed by atoms with Gasteiger partial charge in [0.05, 0.1) is 58.0 Å². The zero-order valence-corrected chi connectivity index (χ0v) is 64.3. The van der Waals surface area contributed by atoms with Crippen LogP contribution in [0.5, 0.6) is 17.2 Å². The molecule has 6 aromatic carbocycles. The molecule has 14 rings (SSSR count). The molecule has 8 aliphatic rings. The molecule has 5 heterocycles. The highest BCUT2D eigenvalue weighted by Gasteiger charge is 2.47. The van der Waals surface area contributed by atoms with Crippen LogP contribution >= 0.6 is 34.8 Å². The number of aliphatic hydroxyl groups excluding tert-OH is 12. The zero-order chi connectivity index (χ0) is 80.0. The fraction of sp³-hybridized carbons (Fsp3) is 0.537.